The van der Waals surface area contributed by atoms with Gasteiger partial charge in [0.15, 0.2) is 5.16 Å². The van der Waals surface area contributed by atoms with Crippen LogP contribution in [0, 0.1) is 0 Å². The Morgan fingerprint density at radius 2 is 2.00 bits per heavy atom. The fourth-order valence-corrected chi connectivity index (χ4v) is 2.12. The second-order valence-corrected chi connectivity index (χ2v) is 4.99. The lowest BCUT2D eigenvalue weighted by Crippen LogP contribution is -2.07. The molecule has 0 unspecified atom stereocenters. The van der Waals surface area contributed by atoms with E-state index in [-0.39, 0.29) is 11.1 Å². The minimum atomic E-state index is -0.331. The molecule has 0 radical (unpaired) electrons. The molecular weight excluding hydrogens is 286 g/mol. The lowest BCUT2D eigenvalue weighted by molar-refractivity contribution is 0.613. The maximum Gasteiger partial charge on any atom is 0.297 e. The molecule has 5 nitrogen and oxygen atoms in total. The third kappa shape index (κ3) is 2.24. The highest BCUT2D eigenvalue weighted by Crippen LogP contribution is 2.23. The van der Waals surface area contributed by atoms with Gasteiger partial charge < -0.3 is 4.42 Å². The molecule has 7 heteroatoms. The van der Waals surface area contributed by atoms with Crippen LogP contribution in [0.2, 0.25) is 5.02 Å². The number of nitrogens with one attached hydrogen (secondary N) is 1. The fourth-order valence-electron chi connectivity index (χ4n) is 1.63. The van der Waals surface area contributed by atoms with Crippen molar-refractivity contribution in [3.8, 4) is 11.5 Å². The highest BCUT2D eigenvalue weighted by molar-refractivity contribution is 7.98. The second kappa shape index (κ2) is 4.71. The predicted molar refractivity (Wildman–Crippen MR) is 74.7 cm³/mol. The van der Waals surface area contributed by atoms with Gasteiger partial charge >= 0.3 is 0 Å². The zero-order valence-electron chi connectivity index (χ0n) is 9.81. The summed E-state index contributed by atoms with van der Waals surface area (Å²) in [4.78, 5) is 22.8. The van der Waals surface area contributed by atoms with E-state index in [0.717, 1.165) is 5.56 Å². The first-order valence-electron chi connectivity index (χ1n) is 5.38. The molecule has 3 rings (SSSR count). The molecule has 1 N–H and O–H groups in total. The van der Waals surface area contributed by atoms with Gasteiger partial charge in [-0.2, -0.15) is 4.98 Å². The summed E-state index contributed by atoms with van der Waals surface area (Å²) >= 11 is 7.16. The number of oxazole rings is 1. The van der Waals surface area contributed by atoms with Crippen molar-refractivity contribution in [3.63, 3.8) is 0 Å². The van der Waals surface area contributed by atoms with E-state index < -0.39 is 0 Å². The summed E-state index contributed by atoms with van der Waals surface area (Å²) in [5, 5.41) is 1.13. The van der Waals surface area contributed by atoms with Crippen molar-refractivity contribution in [2.24, 2.45) is 0 Å². The van der Waals surface area contributed by atoms with Gasteiger partial charge in [-0.25, -0.2) is 4.98 Å². The number of hydrogen-bond acceptors (Lipinski definition) is 5. The summed E-state index contributed by atoms with van der Waals surface area (Å²) in [5.41, 5.74) is 0.843. The van der Waals surface area contributed by atoms with E-state index in [2.05, 4.69) is 15.0 Å². The molecule has 1 aromatic carbocycles. The predicted octanol–water partition coefficient (Wildman–Crippen LogP) is 2.95. The average molecular weight is 294 g/mol. The van der Waals surface area contributed by atoms with Crippen molar-refractivity contribution in [2.45, 2.75) is 5.16 Å². The van der Waals surface area contributed by atoms with E-state index in [1.54, 1.807) is 24.3 Å². The zero-order chi connectivity index (χ0) is 13.4. The summed E-state index contributed by atoms with van der Waals surface area (Å²) in [6.45, 7) is 0. The third-order valence-electron chi connectivity index (χ3n) is 2.53. The molecule has 2 heterocycles. The largest absolute Gasteiger partial charge is 0.428 e. The number of nitrogens with zero attached hydrogens (tertiary/aromatic N) is 2. The molecule has 0 amide bonds. The van der Waals surface area contributed by atoms with Crippen LogP contribution in [0.25, 0.3) is 22.7 Å². The SMILES string of the molecule is CSc1nc2nc(-c3ccc(Cl)cc3)oc2c(=O)[nH]1. The van der Waals surface area contributed by atoms with Gasteiger partial charge in [0.25, 0.3) is 5.56 Å². The first-order chi connectivity index (χ1) is 9.17. The summed E-state index contributed by atoms with van der Waals surface area (Å²) in [5.74, 6) is 0.350. The molecule has 0 aliphatic rings. The van der Waals surface area contributed by atoms with E-state index in [1.165, 1.54) is 11.8 Å². The topological polar surface area (TPSA) is 71.8 Å². The summed E-state index contributed by atoms with van der Waals surface area (Å²) < 4.78 is 5.45. The van der Waals surface area contributed by atoms with Crippen LogP contribution in [0.15, 0.2) is 38.6 Å². The highest BCUT2D eigenvalue weighted by atomic mass is 35.5. The Bertz CT molecular complexity index is 795. The van der Waals surface area contributed by atoms with Crippen molar-refractivity contribution in [1.29, 1.82) is 0 Å². The van der Waals surface area contributed by atoms with Crippen LogP contribution in [0.1, 0.15) is 0 Å². The first-order valence-corrected chi connectivity index (χ1v) is 6.98. The van der Waals surface area contributed by atoms with Gasteiger partial charge in [-0.3, -0.25) is 9.78 Å². The number of thioether (sulfide) groups is 1. The van der Waals surface area contributed by atoms with Crippen LogP contribution in [0.4, 0.5) is 0 Å². The van der Waals surface area contributed by atoms with Gasteiger partial charge in [-0.15, -0.1) is 0 Å². The molecule has 0 bridgehead atoms. The molecular formula is C12H8ClN3O2S. The van der Waals surface area contributed by atoms with Crippen molar-refractivity contribution < 1.29 is 4.42 Å². The average Bonchev–Trinajstić information content (AvgIpc) is 2.84. The van der Waals surface area contributed by atoms with Crippen LogP contribution in [0.5, 0.6) is 0 Å². The first kappa shape index (κ1) is 12.3. The molecule has 0 aliphatic heterocycles. The lowest BCUT2D eigenvalue weighted by Gasteiger charge is -1.93. The third-order valence-corrected chi connectivity index (χ3v) is 3.36. The Labute approximate surface area is 117 Å². The van der Waals surface area contributed by atoms with Gasteiger partial charge in [-0.1, -0.05) is 23.4 Å². The molecule has 2 aromatic heterocycles. The Balaban J connectivity index is 2.18. The molecule has 0 spiro atoms. The summed E-state index contributed by atoms with van der Waals surface area (Å²) in [7, 11) is 0. The lowest BCUT2D eigenvalue weighted by atomic mass is 10.2. The molecule has 19 heavy (non-hydrogen) atoms. The summed E-state index contributed by atoms with van der Waals surface area (Å²) in [6, 6.07) is 7.01. The molecule has 0 aliphatic carbocycles. The van der Waals surface area contributed by atoms with Gasteiger partial charge in [0, 0.05) is 10.6 Å². The minimum Gasteiger partial charge on any atom is -0.428 e. The number of H-pyrrole nitrogens is 1. The zero-order valence-corrected chi connectivity index (χ0v) is 11.4. The molecule has 0 atom stereocenters. The van der Waals surface area contributed by atoms with E-state index in [0.29, 0.717) is 21.7 Å². The Hall–Kier alpha value is -1.79. The molecule has 96 valence electrons. The molecule has 0 saturated carbocycles. The number of rotatable bonds is 2. The number of aromatic amines is 1. The van der Waals surface area contributed by atoms with Crippen molar-refractivity contribution in [3.05, 3.63) is 39.6 Å². The smallest absolute Gasteiger partial charge is 0.297 e. The van der Waals surface area contributed by atoms with E-state index in [4.69, 9.17) is 16.0 Å². The van der Waals surface area contributed by atoms with Crippen LogP contribution >= 0.6 is 23.4 Å². The standard InChI is InChI=1S/C12H8ClN3O2S/c1-19-12-15-9-8(10(17)16-12)18-11(14-9)6-2-4-7(13)5-3-6/h2-5H,1H3,(H,15,16,17). The number of fused-ring (bicyclic) bond motifs is 1. The fraction of sp³-hybridized carbons (Fsp3) is 0.0833. The van der Waals surface area contributed by atoms with Crippen molar-refractivity contribution in [2.75, 3.05) is 6.26 Å². The van der Waals surface area contributed by atoms with E-state index in [1.807, 2.05) is 6.26 Å². The van der Waals surface area contributed by atoms with Crippen LogP contribution in [0.3, 0.4) is 0 Å². The van der Waals surface area contributed by atoms with E-state index >= 15 is 0 Å². The van der Waals surface area contributed by atoms with Gasteiger partial charge in [-0.05, 0) is 30.5 Å². The Morgan fingerprint density at radius 3 is 2.68 bits per heavy atom. The van der Waals surface area contributed by atoms with Crippen molar-refractivity contribution >= 4 is 34.6 Å². The number of halogens is 1. The van der Waals surface area contributed by atoms with Gasteiger partial charge in [0.2, 0.25) is 17.1 Å². The number of aromatic nitrogens is 3. The highest BCUT2D eigenvalue weighted by Gasteiger charge is 2.13. The van der Waals surface area contributed by atoms with E-state index in [9.17, 15) is 4.79 Å². The Morgan fingerprint density at radius 1 is 1.26 bits per heavy atom. The quantitative estimate of drug-likeness (QED) is 0.581. The minimum absolute atomic E-state index is 0.128. The normalized spacial score (nSPS) is 11.1. The van der Waals surface area contributed by atoms with Gasteiger partial charge in [0.05, 0.1) is 0 Å². The van der Waals surface area contributed by atoms with Gasteiger partial charge in [0.1, 0.15) is 0 Å². The molecule has 0 saturated heterocycles. The molecule has 0 fully saturated rings. The van der Waals surface area contributed by atoms with Crippen LogP contribution in [-0.2, 0) is 0 Å². The number of benzene rings is 1. The second-order valence-electron chi connectivity index (χ2n) is 3.75. The summed E-state index contributed by atoms with van der Waals surface area (Å²) in [6.07, 6.45) is 1.82. The maximum absolute atomic E-state index is 11.8. The van der Waals surface area contributed by atoms with Crippen LogP contribution in [-0.4, -0.2) is 21.2 Å². The van der Waals surface area contributed by atoms with Crippen molar-refractivity contribution in [1.82, 2.24) is 15.0 Å². The number of hydrogen-bond donors (Lipinski definition) is 1. The Kier molecular flexibility index (Phi) is 3.04. The monoisotopic (exact) mass is 293 g/mol. The maximum atomic E-state index is 11.8. The van der Waals surface area contributed by atoms with Crippen LogP contribution < -0.4 is 5.56 Å². The molecule has 3 aromatic rings.